The molecule has 104 valence electrons. The lowest BCUT2D eigenvalue weighted by Gasteiger charge is -2.06. The number of carboxylic acids is 1. The van der Waals surface area contributed by atoms with Gasteiger partial charge in [0.25, 0.3) is 0 Å². The third-order valence-electron chi connectivity index (χ3n) is 2.64. The SMILES string of the molecule is Cc1ccc(CNC(=O)CNCCCC(=O)O)cc1. The summed E-state index contributed by atoms with van der Waals surface area (Å²) in [6, 6.07) is 7.98. The first-order valence-corrected chi connectivity index (χ1v) is 6.32. The van der Waals surface area contributed by atoms with Crippen molar-refractivity contribution in [2.24, 2.45) is 0 Å². The Kier molecular flexibility index (Phi) is 6.60. The van der Waals surface area contributed by atoms with Gasteiger partial charge in [-0.05, 0) is 25.5 Å². The predicted octanol–water partition coefficient (Wildman–Crippen LogP) is 1.07. The van der Waals surface area contributed by atoms with Crippen LogP contribution in [0.4, 0.5) is 0 Å². The zero-order valence-corrected chi connectivity index (χ0v) is 11.1. The molecule has 5 heteroatoms. The van der Waals surface area contributed by atoms with Crippen molar-refractivity contribution in [2.75, 3.05) is 13.1 Å². The van der Waals surface area contributed by atoms with Gasteiger partial charge in [0.15, 0.2) is 0 Å². The summed E-state index contributed by atoms with van der Waals surface area (Å²) >= 11 is 0. The van der Waals surface area contributed by atoms with E-state index >= 15 is 0 Å². The number of carboxylic acid groups (broad SMARTS) is 1. The third kappa shape index (κ3) is 7.21. The van der Waals surface area contributed by atoms with Crippen molar-refractivity contribution in [3.8, 4) is 0 Å². The van der Waals surface area contributed by atoms with Crippen LogP contribution in [0, 0.1) is 6.92 Å². The lowest BCUT2D eigenvalue weighted by Crippen LogP contribution is -2.34. The summed E-state index contributed by atoms with van der Waals surface area (Å²) in [5.74, 6) is -0.901. The molecule has 0 unspecified atom stereocenters. The normalized spacial score (nSPS) is 10.2. The van der Waals surface area contributed by atoms with Gasteiger partial charge in [-0.3, -0.25) is 9.59 Å². The van der Waals surface area contributed by atoms with Crippen molar-refractivity contribution in [3.05, 3.63) is 35.4 Å². The molecule has 1 amide bonds. The number of rotatable bonds is 8. The average Bonchev–Trinajstić information content (AvgIpc) is 2.37. The predicted molar refractivity (Wildman–Crippen MR) is 72.8 cm³/mol. The summed E-state index contributed by atoms with van der Waals surface area (Å²) < 4.78 is 0. The molecule has 0 spiro atoms. The number of benzene rings is 1. The van der Waals surface area contributed by atoms with Gasteiger partial charge in [-0.1, -0.05) is 29.8 Å². The van der Waals surface area contributed by atoms with Crippen molar-refractivity contribution in [3.63, 3.8) is 0 Å². The van der Waals surface area contributed by atoms with Crippen LogP contribution in [0.3, 0.4) is 0 Å². The maximum absolute atomic E-state index is 11.5. The van der Waals surface area contributed by atoms with E-state index in [2.05, 4.69) is 10.6 Å². The molecule has 0 radical (unpaired) electrons. The largest absolute Gasteiger partial charge is 0.481 e. The van der Waals surface area contributed by atoms with E-state index in [1.807, 2.05) is 31.2 Å². The average molecular weight is 264 g/mol. The smallest absolute Gasteiger partial charge is 0.303 e. The first kappa shape index (κ1) is 15.2. The first-order chi connectivity index (χ1) is 9.08. The number of nitrogens with one attached hydrogen (secondary N) is 2. The summed E-state index contributed by atoms with van der Waals surface area (Å²) in [7, 11) is 0. The van der Waals surface area contributed by atoms with Crippen LogP contribution in [0.2, 0.25) is 0 Å². The fourth-order valence-electron chi connectivity index (χ4n) is 1.54. The zero-order chi connectivity index (χ0) is 14.1. The summed E-state index contributed by atoms with van der Waals surface area (Å²) in [5, 5.41) is 14.2. The number of aryl methyl sites for hydroxylation is 1. The number of hydrogen-bond donors (Lipinski definition) is 3. The monoisotopic (exact) mass is 264 g/mol. The van der Waals surface area contributed by atoms with Gasteiger partial charge in [-0.25, -0.2) is 0 Å². The molecule has 0 atom stereocenters. The van der Waals surface area contributed by atoms with Gasteiger partial charge >= 0.3 is 5.97 Å². The fraction of sp³-hybridized carbons (Fsp3) is 0.429. The molecule has 0 aliphatic carbocycles. The molecule has 0 saturated carbocycles. The van der Waals surface area contributed by atoms with Crippen LogP contribution in [0.25, 0.3) is 0 Å². The van der Waals surface area contributed by atoms with E-state index in [-0.39, 0.29) is 18.9 Å². The van der Waals surface area contributed by atoms with Crippen molar-refractivity contribution >= 4 is 11.9 Å². The summed E-state index contributed by atoms with van der Waals surface area (Å²) in [5.41, 5.74) is 2.25. The Morgan fingerprint density at radius 3 is 2.53 bits per heavy atom. The quantitative estimate of drug-likeness (QED) is 0.614. The van der Waals surface area contributed by atoms with Gasteiger partial charge < -0.3 is 15.7 Å². The minimum absolute atomic E-state index is 0.0871. The molecule has 1 aromatic rings. The van der Waals surface area contributed by atoms with Gasteiger partial charge in [0, 0.05) is 13.0 Å². The highest BCUT2D eigenvalue weighted by atomic mass is 16.4. The third-order valence-corrected chi connectivity index (χ3v) is 2.64. The van der Waals surface area contributed by atoms with Crippen LogP contribution < -0.4 is 10.6 Å². The van der Waals surface area contributed by atoms with Crippen LogP contribution >= 0.6 is 0 Å². The number of hydrogen-bond acceptors (Lipinski definition) is 3. The minimum atomic E-state index is -0.814. The maximum Gasteiger partial charge on any atom is 0.303 e. The molecule has 0 fully saturated rings. The minimum Gasteiger partial charge on any atom is -0.481 e. The van der Waals surface area contributed by atoms with Crippen LogP contribution in [0.15, 0.2) is 24.3 Å². The molecule has 0 aliphatic heterocycles. The summed E-state index contributed by atoms with van der Waals surface area (Å²) in [6.07, 6.45) is 0.651. The van der Waals surface area contributed by atoms with Crippen LogP contribution in [0.5, 0.6) is 0 Å². The van der Waals surface area contributed by atoms with Gasteiger partial charge in [-0.2, -0.15) is 0 Å². The standard InChI is InChI=1S/C14H20N2O3/c1-11-4-6-12(7-5-11)9-16-13(17)10-15-8-2-3-14(18)19/h4-7,15H,2-3,8-10H2,1H3,(H,16,17)(H,18,19). The zero-order valence-electron chi connectivity index (χ0n) is 11.1. The number of amides is 1. The molecule has 0 aliphatic rings. The van der Waals surface area contributed by atoms with Crippen LogP contribution in [0.1, 0.15) is 24.0 Å². The van der Waals surface area contributed by atoms with E-state index in [0.29, 0.717) is 19.5 Å². The Labute approximate surface area is 113 Å². The molecule has 3 N–H and O–H groups in total. The lowest BCUT2D eigenvalue weighted by molar-refractivity contribution is -0.137. The molecular formula is C14H20N2O3. The Morgan fingerprint density at radius 2 is 1.89 bits per heavy atom. The second kappa shape index (κ2) is 8.26. The number of aliphatic carboxylic acids is 1. The summed E-state index contributed by atoms with van der Waals surface area (Å²) in [6.45, 7) is 3.27. The molecule has 0 bridgehead atoms. The molecule has 0 heterocycles. The van der Waals surface area contributed by atoms with Crippen LogP contribution in [-0.2, 0) is 16.1 Å². The lowest BCUT2D eigenvalue weighted by atomic mass is 10.1. The Hall–Kier alpha value is -1.88. The van der Waals surface area contributed by atoms with E-state index in [1.54, 1.807) is 0 Å². The molecular weight excluding hydrogens is 244 g/mol. The molecule has 0 saturated heterocycles. The van der Waals surface area contributed by atoms with Gasteiger partial charge in [0.1, 0.15) is 0 Å². The highest BCUT2D eigenvalue weighted by molar-refractivity contribution is 5.77. The van der Waals surface area contributed by atoms with E-state index in [4.69, 9.17) is 5.11 Å². The first-order valence-electron chi connectivity index (χ1n) is 6.32. The van der Waals surface area contributed by atoms with E-state index in [1.165, 1.54) is 5.56 Å². The molecule has 1 rings (SSSR count). The second-order valence-corrected chi connectivity index (χ2v) is 4.44. The van der Waals surface area contributed by atoms with E-state index in [9.17, 15) is 9.59 Å². The highest BCUT2D eigenvalue weighted by Crippen LogP contribution is 2.02. The second-order valence-electron chi connectivity index (χ2n) is 4.44. The molecule has 5 nitrogen and oxygen atoms in total. The molecule has 1 aromatic carbocycles. The number of carbonyl (C=O) groups is 2. The van der Waals surface area contributed by atoms with Crippen LogP contribution in [-0.4, -0.2) is 30.1 Å². The fourth-order valence-corrected chi connectivity index (χ4v) is 1.54. The number of carbonyl (C=O) groups excluding carboxylic acids is 1. The van der Waals surface area contributed by atoms with E-state index in [0.717, 1.165) is 5.56 Å². The summed E-state index contributed by atoms with van der Waals surface area (Å²) in [4.78, 5) is 21.8. The molecule has 0 aromatic heterocycles. The van der Waals surface area contributed by atoms with Crippen molar-refractivity contribution in [1.82, 2.24) is 10.6 Å². The Balaban J connectivity index is 2.11. The van der Waals surface area contributed by atoms with Gasteiger partial charge in [-0.15, -0.1) is 0 Å². The van der Waals surface area contributed by atoms with E-state index < -0.39 is 5.97 Å². The highest BCUT2D eigenvalue weighted by Gasteiger charge is 2.01. The van der Waals surface area contributed by atoms with Crippen molar-refractivity contribution in [1.29, 1.82) is 0 Å². The Morgan fingerprint density at radius 1 is 1.21 bits per heavy atom. The van der Waals surface area contributed by atoms with Gasteiger partial charge in [0.2, 0.25) is 5.91 Å². The van der Waals surface area contributed by atoms with Crippen molar-refractivity contribution < 1.29 is 14.7 Å². The molecule has 19 heavy (non-hydrogen) atoms. The topological polar surface area (TPSA) is 78.4 Å². The van der Waals surface area contributed by atoms with Gasteiger partial charge in [0.05, 0.1) is 6.54 Å². The Bertz CT molecular complexity index is 415. The maximum atomic E-state index is 11.5. The van der Waals surface area contributed by atoms with Crippen molar-refractivity contribution in [2.45, 2.75) is 26.3 Å².